The van der Waals surface area contributed by atoms with Gasteiger partial charge in [-0.15, -0.1) is 0 Å². The van der Waals surface area contributed by atoms with Crippen LogP contribution >= 0.6 is 0 Å². The topological polar surface area (TPSA) is 96.7 Å². The first-order valence-electron chi connectivity index (χ1n) is 10.7. The Bertz CT molecular complexity index is 1420. The highest BCUT2D eigenvalue weighted by Crippen LogP contribution is 2.20. The van der Waals surface area contributed by atoms with Crippen molar-refractivity contribution in [3.05, 3.63) is 74.2 Å². The van der Waals surface area contributed by atoms with Crippen molar-refractivity contribution in [2.45, 2.75) is 46.7 Å². The summed E-state index contributed by atoms with van der Waals surface area (Å²) in [6, 6.07) is 11.7. The molecule has 0 amide bonds. The van der Waals surface area contributed by atoms with E-state index in [0.717, 1.165) is 34.4 Å². The number of aromatic nitrogens is 6. The molecule has 0 aliphatic rings. The first-order chi connectivity index (χ1) is 15.3. The van der Waals surface area contributed by atoms with E-state index in [2.05, 4.69) is 0 Å². The molecule has 0 saturated carbocycles. The summed E-state index contributed by atoms with van der Waals surface area (Å²) < 4.78 is 5.83. The zero-order valence-corrected chi connectivity index (χ0v) is 18.7. The van der Waals surface area contributed by atoms with Gasteiger partial charge in [0.2, 0.25) is 5.95 Å². The van der Waals surface area contributed by atoms with Crippen molar-refractivity contribution in [1.82, 2.24) is 28.5 Å². The molecule has 0 aliphatic heterocycles. The first-order valence-corrected chi connectivity index (χ1v) is 10.7. The molecule has 0 radical (unpaired) electrons. The van der Waals surface area contributed by atoms with Crippen LogP contribution in [-0.2, 0) is 37.8 Å². The van der Waals surface area contributed by atoms with Gasteiger partial charge in [0.05, 0.1) is 18.8 Å². The van der Waals surface area contributed by atoms with Crippen LogP contribution in [-0.4, -0.2) is 34.2 Å². The van der Waals surface area contributed by atoms with Gasteiger partial charge in [-0.25, -0.2) is 9.48 Å². The van der Waals surface area contributed by atoms with E-state index in [0.29, 0.717) is 12.5 Å². The van der Waals surface area contributed by atoms with E-state index in [-0.39, 0.29) is 23.5 Å². The fourth-order valence-corrected chi connectivity index (χ4v) is 3.87. The standard InChI is InChI=1S/C23H26N6O3/c1-5-17-12-18(6-2)29(25-17)22-24-20-19(27(22)14-16-10-8-7-9-11-16)21(31)28(13-15(3)30)23(32)26(20)4/h7-12H,5-6,13-14H2,1-4H3. The van der Waals surface area contributed by atoms with Crippen LogP contribution in [0.4, 0.5) is 0 Å². The van der Waals surface area contributed by atoms with E-state index in [1.165, 1.54) is 11.5 Å². The molecule has 4 aromatic rings. The molecule has 0 bridgehead atoms. The minimum atomic E-state index is -0.570. The van der Waals surface area contributed by atoms with Gasteiger partial charge in [0, 0.05) is 12.7 Å². The number of carbonyl (C=O) groups is 1. The number of ketones is 1. The van der Waals surface area contributed by atoms with Crippen molar-refractivity contribution in [1.29, 1.82) is 0 Å². The van der Waals surface area contributed by atoms with Crippen LogP contribution in [0.1, 0.15) is 37.7 Å². The summed E-state index contributed by atoms with van der Waals surface area (Å²) in [5.41, 5.74) is 2.28. The molecule has 32 heavy (non-hydrogen) atoms. The third-order valence-electron chi connectivity index (χ3n) is 5.52. The van der Waals surface area contributed by atoms with Crippen molar-refractivity contribution in [3.63, 3.8) is 0 Å². The van der Waals surface area contributed by atoms with E-state index in [9.17, 15) is 14.4 Å². The molecule has 9 nitrogen and oxygen atoms in total. The highest BCUT2D eigenvalue weighted by molar-refractivity contribution is 5.76. The number of nitrogens with zero attached hydrogens (tertiary/aromatic N) is 6. The Labute approximate surface area is 184 Å². The number of carbonyl (C=O) groups excluding carboxylic acids is 1. The monoisotopic (exact) mass is 434 g/mol. The molecule has 0 spiro atoms. The van der Waals surface area contributed by atoms with Crippen molar-refractivity contribution >= 4 is 16.9 Å². The maximum absolute atomic E-state index is 13.4. The average molecular weight is 435 g/mol. The predicted octanol–water partition coefficient (Wildman–Crippen LogP) is 1.84. The van der Waals surface area contributed by atoms with Crippen LogP contribution in [0, 0.1) is 0 Å². The Morgan fingerprint density at radius 2 is 1.75 bits per heavy atom. The number of imidazole rings is 1. The second kappa shape index (κ2) is 8.41. The number of rotatable bonds is 7. The quantitative estimate of drug-likeness (QED) is 0.442. The van der Waals surface area contributed by atoms with Gasteiger partial charge < -0.3 is 0 Å². The Hall–Kier alpha value is -3.75. The van der Waals surface area contributed by atoms with Gasteiger partial charge in [-0.1, -0.05) is 44.2 Å². The number of aryl methyl sites for hydroxylation is 3. The van der Waals surface area contributed by atoms with Crippen molar-refractivity contribution in [2.24, 2.45) is 7.05 Å². The summed E-state index contributed by atoms with van der Waals surface area (Å²) in [5.74, 6) is 0.193. The van der Waals surface area contributed by atoms with Crippen LogP contribution in [0.15, 0.2) is 46.0 Å². The SMILES string of the molecule is CCc1cc(CC)n(-c2nc3c(c(=O)n(CC(C)=O)c(=O)n3C)n2Cc2ccccc2)n1. The summed E-state index contributed by atoms with van der Waals surface area (Å²) >= 11 is 0. The Balaban J connectivity index is 2.09. The molecule has 3 aromatic heterocycles. The average Bonchev–Trinajstić information content (AvgIpc) is 3.37. The number of hydrogen-bond acceptors (Lipinski definition) is 5. The maximum atomic E-state index is 13.4. The summed E-state index contributed by atoms with van der Waals surface area (Å²) in [6.45, 7) is 5.50. The molecule has 0 fully saturated rings. The molecule has 0 aliphatic carbocycles. The first kappa shape index (κ1) is 21.5. The Morgan fingerprint density at radius 3 is 2.38 bits per heavy atom. The predicted molar refractivity (Wildman–Crippen MR) is 121 cm³/mol. The van der Waals surface area contributed by atoms with Gasteiger partial charge in [0.15, 0.2) is 11.2 Å². The normalized spacial score (nSPS) is 11.4. The summed E-state index contributed by atoms with van der Waals surface area (Å²) in [7, 11) is 1.56. The van der Waals surface area contributed by atoms with Crippen LogP contribution in [0.5, 0.6) is 0 Å². The van der Waals surface area contributed by atoms with E-state index in [1.807, 2.05) is 50.2 Å². The lowest BCUT2D eigenvalue weighted by atomic mass is 10.2. The number of benzene rings is 1. The Kier molecular flexibility index (Phi) is 5.65. The van der Waals surface area contributed by atoms with Crippen molar-refractivity contribution in [3.8, 4) is 5.95 Å². The number of hydrogen-bond donors (Lipinski definition) is 0. The molecule has 4 rings (SSSR count). The summed E-state index contributed by atoms with van der Waals surface area (Å²) in [5, 5.41) is 4.70. The van der Waals surface area contributed by atoms with Crippen LogP contribution in [0.2, 0.25) is 0 Å². The fraction of sp³-hybridized carbons (Fsp3) is 0.348. The number of Topliss-reactive ketones (excluding diaryl/α,β-unsaturated/α-hetero) is 1. The van der Waals surface area contributed by atoms with Crippen LogP contribution in [0.25, 0.3) is 17.1 Å². The molecular weight excluding hydrogens is 408 g/mol. The zero-order chi connectivity index (χ0) is 23.0. The van der Waals surface area contributed by atoms with Gasteiger partial charge in [-0.3, -0.25) is 23.3 Å². The molecule has 166 valence electrons. The van der Waals surface area contributed by atoms with Crippen molar-refractivity contribution < 1.29 is 4.79 Å². The molecular formula is C23H26N6O3. The molecule has 0 saturated heterocycles. The highest BCUT2D eigenvalue weighted by atomic mass is 16.2. The lowest BCUT2D eigenvalue weighted by Gasteiger charge is -2.11. The van der Waals surface area contributed by atoms with E-state index in [1.54, 1.807) is 16.3 Å². The largest absolute Gasteiger partial charge is 0.332 e. The van der Waals surface area contributed by atoms with E-state index < -0.39 is 11.2 Å². The molecule has 0 unspecified atom stereocenters. The molecule has 0 atom stereocenters. The van der Waals surface area contributed by atoms with Crippen molar-refractivity contribution in [2.75, 3.05) is 0 Å². The lowest BCUT2D eigenvalue weighted by molar-refractivity contribution is -0.117. The molecule has 1 aromatic carbocycles. The summed E-state index contributed by atoms with van der Waals surface area (Å²) in [6.07, 6.45) is 1.50. The second-order valence-corrected chi connectivity index (χ2v) is 7.84. The third kappa shape index (κ3) is 3.59. The highest BCUT2D eigenvalue weighted by Gasteiger charge is 2.23. The van der Waals surface area contributed by atoms with Gasteiger partial charge in [0.25, 0.3) is 5.56 Å². The van der Waals surface area contributed by atoms with Gasteiger partial charge in [-0.2, -0.15) is 10.1 Å². The van der Waals surface area contributed by atoms with Gasteiger partial charge in [0.1, 0.15) is 5.78 Å². The van der Waals surface area contributed by atoms with Gasteiger partial charge in [-0.05, 0) is 31.4 Å². The fourth-order valence-electron chi connectivity index (χ4n) is 3.87. The minimum absolute atomic E-state index is 0.265. The number of fused-ring (bicyclic) bond motifs is 1. The third-order valence-corrected chi connectivity index (χ3v) is 5.52. The molecule has 9 heteroatoms. The molecule has 3 heterocycles. The zero-order valence-electron chi connectivity index (χ0n) is 18.7. The minimum Gasteiger partial charge on any atom is -0.298 e. The molecule has 0 N–H and O–H groups in total. The second-order valence-electron chi connectivity index (χ2n) is 7.84. The smallest absolute Gasteiger partial charge is 0.298 e. The lowest BCUT2D eigenvalue weighted by Crippen LogP contribution is -2.41. The van der Waals surface area contributed by atoms with E-state index in [4.69, 9.17) is 10.1 Å². The van der Waals surface area contributed by atoms with Gasteiger partial charge >= 0.3 is 5.69 Å². The maximum Gasteiger partial charge on any atom is 0.332 e. The van der Waals surface area contributed by atoms with Crippen LogP contribution in [0.3, 0.4) is 0 Å². The Morgan fingerprint density at radius 1 is 1.03 bits per heavy atom. The summed E-state index contributed by atoms with van der Waals surface area (Å²) in [4.78, 5) is 42.7. The van der Waals surface area contributed by atoms with E-state index >= 15 is 0 Å². The van der Waals surface area contributed by atoms with Crippen LogP contribution < -0.4 is 11.2 Å².